The standard InChI is InChI=1S/C10H7ClN2O2/c11-8-6-9(14)12-13(10(8)15)7-4-2-1-3-5-7/h1-6H,(H,12,14). The van der Waals surface area contributed by atoms with Gasteiger partial charge < -0.3 is 0 Å². The molecule has 4 nitrogen and oxygen atoms in total. The number of rotatable bonds is 1. The quantitative estimate of drug-likeness (QED) is 0.788. The smallest absolute Gasteiger partial charge is 0.268 e. The van der Waals surface area contributed by atoms with Crippen LogP contribution in [0, 0.1) is 0 Å². The Bertz CT molecular complexity index is 586. The summed E-state index contributed by atoms with van der Waals surface area (Å²) in [7, 11) is 0. The predicted octanol–water partition coefficient (Wildman–Crippen LogP) is 1.18. The molecule has 1 heterocycles. The number of hydrogen-bond donors (Lipinski definition) is 1. The second-order valence-electron chi connectivity index (χ2n) is 2.94. The average Bonchev–Trinajstić information content (AvgIpc) is 2.24. The van der Waals surface area contributed by atoms with Crippen molar-refractivity contribution in [3.8, 4) is 5.69 Å². The van der Waals surface area contributed by atoms with E-state index in [2.05, 4.69) is 5.10 Å². The molecule has 15 heavy (non-hydrogen) atoms. The molecule has 1 aromatic heterocycles. The second kappa shape index (κ2) is 3.74. The number of benzene rings is 1. The lowest BCUT2D eigenvalue weighted by Gasteiger charge is -2.04. The van der Waals surface area contributed by atoms with Crippen LogP contribution in [0.1, 0.15) is 0 Å². The van der Waals surface area contributed by atoms with Gasteiger partial charge in [0, 0.05) is 6.07 Å². The zero-order valence-electron chi connectivity index (χ0n) is 7.61. The molecule has 0 amide bonds. The summed E-state index contributed by atoms with van der Waals surface area (Å²) in [6.07, 6.45) is 0. The molecule has 0 bridgehead atoms. The summed E-state index contributed by atoms with van der Waals surface area (Å²) in [6, 6.07) is 9.81. The molecule has 76 valence electrons. The average molecular weight is 223 g/mol. The summed E-state index contributed by atoms with van der Waals surface area (Å²) >= 11 is 5.62. The molecule has 1 aromatic carbocycles. The molecule has 0 atom stereocenters. The number of hydrogen-bond acceptors (Lipinski definition) is 2. The molecule has 2 rings (SSSR count). The summed E-state index contributed by atoms with van der Waals surface area (Å²) in [4.78, 5) is 22.7. The highest BCUT2D eigenvalue weighted by molar-refractivity contribution is 6.30. The first-order valence-electron chi connectivity index (χ1n) is 4.26. The van der Waals surface area contributed by atoms with Gasteiger partial charge in [-0.25, -0.2) is 4.68 Å². The fourth-order valence-corrected chi connectivity index (χ4v) is 1.42. The summed E-state index contributed by atoms with van der Waals surface area (Å²) in [5.74, 6) is 0. The van der Waals surface area contributed by atoms with Crippen LogP contribution in [0.4, 0.5) is 0 Å². The number of nitrogens with zero attached hydrogens (tertiary/aromatic N) is 1. The first-order chi connectivity index (χ1) is 7.18. The predicted molar refractivity (Wildman–Crippen MR) is 57.7 cm³/mol. The fourth-order valence-electron chi connectivity index (χ4n) is 1.24. The number of aromatic nitrogens is 2. The van der Waals surface area contributed by atoms with Crippen molar-refractivity contribution in [3.63, 3.8) is 0 Å². The number of halogens is 1. The van der Waals surface area contributed by atoms with E-state index in [-0.39, 0.29) is 5.02 Å². The van der Waals surface area contributed by atoms with Crippen molar-refractivity contribution in [1.29, 1.82) is 0 Å². The van der Waals surface area contributed by atoms with Gasteiger partial charge in [-0.3, -0.25) is 14.7 Å². The van der Waals surface area contributed by atoms with Crippen molar-refractivity contribution in [2.24, 2.45) is 0 Å². The Labute approximate surface area is 89.7 Å². The Balaban J connectivity index is 2.74. The van der Waals surface area contributed by atoms with E-state index in [4.69, 9.17) is 11.6 Å². The molecule has 0 radical (unpaired) electrons. The number of aromatic amines is 1. The minimum atomic E-state index is -0.442. The maximum Gasteiger partial charge on any atom is 0.288 e. The van der Waals surface area contributed by atoms with E-state index in [0.717, 1.165) is 10.7 Å². The van der Waals surface area contributed by atoms with E-state index in [0.29, 0.717) is 5.69 Å². The zero-order valence-corrected chi connectivity index (χ0v) is 8.36. The maximum absolute atomic E-state index is 11.6. The molecule has 0 spiro atoms. The molecule has 1 N–H and O–H groups in total. The van der Waals surface area contributed by atoms with E-state index in [9.17, 15) is 9.59 Å². The van der Waals surface area contributed by atoms with Crippen LogP contribution in [0.15, 0.2) is 46.0 Å². The molecule has 0 fully saturated rings. The molecule has 5 heteroatoms. The molecule has 0 aliphatic heterocycles. The summed E-state index contributed by atoms with van der Waals surface area (Å²) < 4.78 is 1.12. The lowest BCUT2D eigenvalue weighted by Crippen LogP contribution is -2.27. The highest BCUT2D eigenvalue weighted by Gasteiger charge is 2.04. The minimum absolute atomic E-state index is 0.0948. The van der Waals surface area contributed by atoms with Crippen LogP contribution in [-0.2, 0) is 0 Å². The van der Waals surface area contributed by atoms with E-state index in [1.807, 2.05) is 6.07 Å². The van der Waals surface area contributed by atoms with E-state index >= 15 is 0 Å². The third kappa shape index (κ3) is 1.85. The van der Waals surface area contributed by atoms with Crippen LogP contribution in [0.5, 0.6) is 0 Å². The molecule has 0 unspecified atom stereocenters. The topological polar surface area (TPSA) is 54.9 Å². The van der Waals surface area contributed by atoms with Crippen LogP contribution < -0.4 is 11.1 Å². The van der Waals surface area contributed by atoms with Gasteiger partial charge in [-0.15, -0.1) is 0 Å². The Morgan fingerprint density at radius 1 is 1.13 bits per heavy atom. The van der Waals surface area contributed by atoms with Gasteiger partial charge in [0.15, 0.2) is 0 Å². The molecule has 0 saturated carbocycles. The van der Waals surface area contributed by atoms with Gasteiger partial charge in [0.1, 0.15) is 5.02 Å². The zero-order chi connectivity index (χ0) is 10.8. The second-order valence-corrected chi connectivity index (χ2v) is 3.35. The summed E-state index contributed by atoms with van der Waals surface area (Å²) in [5, 5.41) is 2.30. The molecule has 0 aliphatic carbocycles. The number of para-hydroxylation sites is 1. The largest absolute Gasteiger partial charge is 0.288 e. The van der Waals surface area contributed by atoms with E-state index in [1.54, 1.807) is 24.3 Å². The molecule has 0 saturated heterocycles. The van der Waals surface area contributed by atoms with Crippen LogP contribution in [-0.4, -0.2) is 9.78 Å². The van der Waals surface area contributed by atoms with Crippen LogP contribution in [0.3, 0.4) is 0 Å². The summed E-state index contributed by atoms with van der Waals surface area (Å²) in [5.41, 5.74) is -0.284. The Morgan fingerprint density at radius 2 is 1.80 bits per heavy atom. The lowest BCUT2D eigenvalue weighted by atomic mass is 10.3. The van der Waals surface area contributed by atoms with Crippen molar-refractivity contribution in [1.82, 2.24) is 9.78 Å². The highest BCUT2D eigenvalue weighted by atomic mass is 35.5. The van der Waals surface area contributed by atoms with E-state index in [1.165, 1.54) is 0 Å². The molecular formula is C10H7ClN2O2. The third-order valence-corrected chi connectivity index (χ3v) is 2.17. The van der Waals surface area contributed by atoms with Gasteiger partial charge in [0.2, 0.25) is 0 Å². The van der Waals surface area contributed by atoms with Crippen molar-refractivity contribution in [2.45, 2.75) is 0 Å². The third-order valence-electron chi connectivity index (χ3n) is 1.90. The molecular weight excluding hydrogens is 216 g/mol. The van der Waals surface area contributed by atoms with Gasteiger partial charge >= 0.3 is 0 Å². The SMILES string of the molecule is O=c1cc(Cl)c(=O)n(-c2ccccc2)[nH]1. The van der Waals surface area contributed by atoms with Crippen molar-refractivity contribution in [3.05, 3.63) is 62.1 Å². The van der Waals surface area contributed by atoms with Crippen molar-refractivity contribution in [2.75, 3.05) is 0 Å². The number of nitrogens with one attached hydrogen (secondary N) is 1. The van der Waals surface area contributed by atoms with Crippen molar-refractivity contribution >= 4 is 11.6 Å². The monoisotopic (exact) mass is 222 g/mol. The van der Waals surface area contributed by atoms with Crippen LogP contribution >= 0.6 is 11.6 Å². The molecule has 2 aromatic rings. The first kappa shape index (κ1) is 9.73. The molecule has 0 aliphatic rings. The van der Waals surface area contributed by atoms with Gasteiger partial charge in [-0.1, -0.05) is 29.8 Å². The van der Waals surface area contributed by atoms with E-state index < -0.39 is 11.1 Å². The number of H-pyrrole nitrogens is 1. The van der Waals surface area contributed by atoms with Gasteiger partial charge in [-0.05, 0) is 12.1 Å². The maximum atomic E-state index is 11.6. The van der Waals surface area contributed by atoms with Crippen LogP contribution in [0.2, 0.25) is 5.02 Å². The Kier molecular flexibility index (Phi) is 2.43. The van der Waals surface area contributed by atoms with Gasteiger partial charge in [0.25, 0.3) is 11.1 Å². The van der Waals surface area contributed by atoms with Crippen molar-refractivity contribution < 1.29 is 0 Å². The Hall–Kier alpha value is -1.81. The fraction of sp³-hybridized carbons (Fsp3) is 0. The summed E-state index contributed by atoms with van der Waals surface area (Å²) in [6.45, 7) is 0. The first-order valence-corrected chi connectivity index (χ1v) is 4.63. The minimum Gasteiger partial charge on any atom is -0.268 e. The highest BCUT2D eigenvalue weighted by Crippen LogP contribution is 2.02. The van der Waals surface area contributed by atoms with Crippen LogP contribution in [0.25, 0.3) is 5.69 Å². The normalized spacial score (nSPS) is 10.2. The lowest BCUT2D eigenvalue weighted by molar-refractivity contribution is 0.786. The Morgan fingerprint density at radius 3 is 2.47 bits per heavy atom. The van der Waals surface area contributed by atoms with Gasteiger partial charge in [0.05, 0.1) is 5.69 Å². The van der Waals surface area contributed by atoms with Gasteiger partial charge in [-0.2, -0.15) is 0 Å².